The fourth-order valence-electron chi connectivity index (χ4n) is 2.56. The highest BCUT2D eigenvalue weighted by molar-refractivity contribution is 5.47. The lowest BCUT2D eigenvalue weighted by Gasteiger charge is -2.35. The molecule has 0 saturated carbocycles. The third-order valence-electron chi connectivity index (χ3n) is 3.21. The number of hydrogen-bond acceptors (Lipinski definition) is 3. The molecule has 3 nitrogen and oxygen atoms in total. The molecule has 0 spiro atoms. The maximum Gasteiger partial charge on any atom is 0.153 e. The van der Waals surface area contributed by atoms with Crippen LogP contribution < -0.4 is 16.8 Å². The number of dihydropyridines is 1. The molecular weight excluding hydrogens is 210 g/mol. The third-order valence-corrected chi connectivity index (χ3v) is 3.21. The molecule has 1 atom stereocenters. The van der Waals surface area contributed by atoms with E-state index in [-0.39, 0.29) is 0 Å². The van der Waals surface area contributed by atoms with Crippen molar-refractivity contribution in [3.05, 3.63) is 58.4 Å². The number of benzene rings is 1. The highest BCUT2D eigenvalue weighted by atomic mass is 15.1. The number of hydrogen-bond donors (Lipinski definition) is 3. The Morgan fingerprint density at radius 2 is 1.71 bits per heavy atom. The molecule has 1 aliphatic heterocycles. The van der Waals surface area contributed by atoms with Gasteiger partial charge in [0.1, 0.15) is 0 Å². The van der Waals surface area contributed by atoms with E-state index in [2.05, 4.69) is 38.2 Å². The fourth-order valence-corrected chi connectivity index (χ4v) is 2.56. The lowest BCUT2D eigenvalue weighted by molar-refractivity contribution is 0.452. The first-order valence-electron chi connectivity index (χ1n) is 5.73. The highest BCUT2D eigenvalue weighted by Gasteiger charge is 2.33. The number of allylic oxidation sites excluding steroid dienone is 2. The van der Waals surface area contributed by atoms with Gasteiger partial charge in [0.15, 0.2) is 5.66 Å². The van der Waals surface area contributed by atoms with Gasteiger partial charge in [-0.2, -0.15) is 0 Å². The zero-order valence-electron chi connectivity index (χ0n) is 10.5. The van der Waals surface area contributed by atoms with Gasteiger partial charge in [-0.15, -0.1) is 0 Å². The molecule has 2 rings (SSSR count). The van der Waals surface area contributed by atoms with Crippen LogP contribution >= 0.6 is 0 Å². The Labute approximate surface area is 102 Å². The van der Waals surface area contributed by atoms with Crippen molar-refractivity contribution >= 4 is 0 Å². The van der Waals surface area contributed by atoms with E-state index in [9.17, 15) is 0 Å². The molecule has 1 aromatic carbocycles. The Bertz CT molecular complexity index is 491. The predicted octanol–water partition coefficient (Wildman–Crippen LogP) is 1.68. The fraction of sp³-hybridized carbons (Fsp3) is 0.286. The van der Waals surface area contributed by atoms with Gasteiger partial charge in [-0.25, -0.2) is 0 Å². The maximum atomic E-state index is 6.42. The smallest absolute Gasteiger partial charge is 0.153 e. The molecule has 0 aliphatic carbocycles. The molecule has 3 heteroatoms. The van der Waals surface area contributed by atoms with E-state index in [1.54, 1.807) is 0 Å². The van der Waals surface area contributed by atoms with Crippen LogP contribution in [-0.4, -0.2) is 0 Å². The van der Waals surface area contributed by atoms with Gasteiger partial charge in [0.05, 0.1) is 5.70 Å². The highest BCUT2D eigenvalue weighted by Crippen LogP contribution is 2.29. The quantitative estimate of drug-likeness (QED) is 0.686. The summed E-state index contributed by atoms with van der Waals surface area (Å²) in [6, 6.07) is 4.26. The first kappa shape index (κ1) is 11.7. The Morgan fingerprint density at radius 1 is 1.12 bits per heavy atom. The van der Waals surface area contributed by atoms with Crippen molar-refractivity contribution in [2.45, 2.75) is 26.4 Å². The minimum atomic E-state index is -0.795. The summed E-state index contributed by atoms with van der Waals surface area (Å²) < 4.78 is 0. The zero-order chi connectivity index (χ0) is 12.6. The Balaban J connectivity index is 2.62. The molecule has 0 bridgehead atoms. The van der Waals surface area contributed by atoms with Crippen LogP contribution in [0.4, 0.5) is 0 Å². The van der Waals surface area contributed by atoms with Crippen molar-refractivity contribution < 1.29 is 0 Å². The van der Waals surface area contributed by atoms with E-state index in [0.29, 0.717) is 5.70 Å². The van der Waals surface area contributed by atoms with Gasteiger partial charge < -0.3 is 11.1 Å². The van der Waals surface area contributed by atoms with Crippen molar-refractivity contribution in [3.8, 4) is 0 Å². The molecule has 5 N–H and O–H groups in total. The second-order valence-corrected chi connectivity index (χ2v) is 4.71. The summed E-state index contributed by atoms with van der Waals surface area (Å²) in [7, 11) is 0. The molecule has 1 aliphatic rings. The van der Waals surface area contributed by atoms with Gasteiger partial charge in [-0.3, -0.25) is 5.73 Å². The zero-order valence-corrected chi connectivity index (χ0v) is 10.5. The van der Waals surface area contributed by atoms with Gasteiger partial charge in [-0.05, 0) is 50.3 Å². The summed E-state index contributed by atoms with van der Waals surface area (Å²) in [5.41, 5.74) is 16.9. The molecule has 0 aromatic heterocycles. The molecule has 0 amide bonds. The molecule has 0 fully saturated rings. The van der Waals surface area contributed by atoms with E-state index in [0.717, 1.165) is 16.7 Å². The summed E-state index contributed by atoms with van der Waals surface area (Å²) in [6.45, 7) is 6.22. The molecular formula is C14H19N3. The van der Waals surface area contributed by atoms with Crippen LogP contribution in [0.25, 0.3) is 0 Å². The standard InChI is InChI=1S/C14H19N3/c1-9-7-10(2)13(11(3)8-9)14(16)12(15)5-4-6-17-14/h4-8,17H,15-16H2,1-3H3. The monoisotopic (exact) mass is 229 g/mol. The van der Waals surface area contributed by atoms with E-state index < -0.39 is 5.66 Å². The van der Waals surface area contributed by atoms with Crippen LogP contribution in [-0.2, 0) is 5.66 Å². The van der Waals surface area contributed by atoms with Gasteiger partial charge in [0, 0.05) is 5.56 Å². The van der Waals surface area contributed by atoms with E-state index in [4.69, 9.17) is 11.5 Å². The second kappa shape index (κ2) is 3.93. The summed E-state index contributed by atoms with van der Waals surface area (Å²) in [5.74, 6) is 0. The largest absolute Gasteiger partial charge is 0.399 e. The van der Waals surface area contributed by atoms with Crippen LogP contribution in [0.2, 0.25) is 0 Å². The van der Waals surface area contributed by atoms with Crippen molar-refractivity contribution in [2.75, 3.05) is 0 Å². The second-order valence-electron chi connectivity index (χ2n) is 4.71. The Morgan fingerprint density at radius 3 is 2.24 bits per heavy atom. The average Bonchev–Trinajstić information content (AvgIpc) is 2.21. The van der Waals surface area contributed by atoms with Crippen molar-refractivity contribution in [1.82, 2.24) is 5.32 Å². The predicted molar refractivity (Wildman–Crippen MR) is 71.1 cm³/mol. The third kappa shape index (κ3) is 1.83. The number of rotatable bonds is 1. The normalized spacial score (nSPS) is 23.2. The molecule has 17 heavy (non-hydrogen) atoms. The van der Waals surface area contributed by atoms with Gasteiger partial charge in [0.25, 0.3) is 0 Å². The maximum absolute atomic E-state index is 6.42. The molecule has 90 valence electrons. The summed E-state index contributed by atoms with van der Waals surface area (Å²) in [4.78, 5) is 0. The van der Waals surface area contributed by atoms with Gasteiger partial charge >= 0.3 is 0 Å². The lowest BCUT2D eigenvalue weighted by Crippen LogP contribution is -2.53. The Kier molecular flexibility index (Phi) is 2.71. The number of nitrogens with two attached hydrogens (primary N) is 2. The van der Waals surface area contributed by atoms with Crippen LogP contribution in [0, 0.1) is 20.8 Å². The van der Waals surface area contributed by atoms with Crippen LogP contribution in [0.15, 0.2) is 36.2 Å². The lowest BCUT2D eigenvalue weighted by atomic mass is 9.87. The van der Waals surface area contributed by atoms with Crippen LogP contribution in [0.1, 0.15) is 22.3 Å². The Hall–Kier alpha value is -1.74. The minimum Gasteiger partial charge on any atom is -0.399 e. The van der Waals surface area contributed by atoms with Crippen molar-refractivity contribution in [3.63, 3.8) is 0 Å². The van der Waals surface area contributed by atoms with Crippen molar-refractivity contribution in [1.29, 1.82) is 0 Å². The van der Waals surface area contributed by atoms with Crippen LogP contribution in [0.3, 0.4) is 0 Å². The van der Waals surface area contributed by atoms with Crippen molar-refractivity contribution in [2.24, 2.45) is 11.5 Å². The molecule has 1 unspecified atom stereocenters. The summed E-state index contributed by atoms with van der Waals surface area (Å²) in [5, 5.41) is 3.17. The van der Waals surface area contributed by atoms with E-state index in [1.807, 2.05) is 18.4 Å². The SMILES string of the molecule is Cc1cc(C)c(C2(N)NC=CC=C2N)c(C)c1. The molecule has 1 aromatic rings. The number of nitrogens with one attached hydrogen (secondary N) is 1. The van der Waals surface area contributed by atoms with Gasteiger partial charge in [0.2, 0.25) is 0 Å². The van der Waals surface area contributed by atoms with Gasteiger partial charge in [-0.1, -0.05) is 17.7 Å². The first-order valence-corrected chi connectivity index (χ1v) is 5.73. The molecule has 1 heterocycles. The summed E-state index contributed by atoms with van der Waals surface area (Å²) in [6.07, 6.45) is 5.53. The van der Waals surface area contributed by atoms with Crippen LogP contribution in [0.5, 0.6) is 0 Å². The first-order chi connectivity index (χ1) is 7.95. The topological polar surface area (TPSA) is 64.1 Å². The minimum absolute atomic E-state index is 0.634. The van der Waals surface area contributed by atoms with E-state index in [1.165, 1.54) is 5.56 Å². The summed E-state index contributed by atoms with van der Waals surface area (Å²) >= 11 is 0. The molecule has 0 saturated heterocycles. The average molecular weight is 229 g/mol. The van der Waals surface area contributed by atoms with E-state index >= 15 is 0 Å². The molecule has 0 radical (unpaired) electrons. The number of aryl methyl sites for hydroxylation is 3.